The second-order valence-corrected chi connectivity index (χ2v) is 5.58. The van der Waals surface area contributed by atoms with E-state index in [4.69, 9.17) is 0 Å². The molecule has 3 rings (SSSR count). The second kappa shape index (κ2) is 7.63. The topological polar surface area (TPSA) is 65.6 Å². The van der Waals surface area contributed by atoms with Crippen LogP contribution in [0.25, 0.3) is 10.9 Å². The molecule has 23 heavy (non-hydrogen) atoms. The van der Waals surface area contributed by atoms with E-state index in [1.54, 1.807) is 6.20 Å². The van der Waals surface area contributed by atoms with Crippen LogP contribution in [0.4, 0.5) is 11.8 Å². The molecule has 2 heterocycles. The maximum absolute atomic E-state index is 4.48. The molecular weight excluding hydrogens is 286 g/mol. The van der Waals surface area contributed by atoms with Crippen molar-refractivity contribution in [2.24, 2.45) is 0 Å². The van der Waals surface area contributed by atoms with Crippen LogP contribution in [0.1, 0.15) is 25.3 Å². The standard InChI is InChI=1S/C18H23N5/c1-2-3-10-19-17-9-12-21-18(23-17)20-11-8-14-13-22-16-7-5-4-6-15(14)16/h4-7,9,12-13,22H,2-3,8,10-11H2,1H3,(H2,19,20,21,23). The minimum atomic E-state index is 0.673. The number of fused-ring (bicyclic) bond motifs is 1. The van der Waals surface area contributed by atoms with Crippen LogP contribution in [0.15, 0.2) is 42.7 Å². The molecule has 0 bridgehead atoms. The summed E-state index contributed by atoms with van der Waals surface area (Å²) in [4.78, 5) is 12.1. The van der Waals surface area contributed by atoms with Gasteiger partial charge in [-0.15, -0.1) is 0 Å². The maximum Gasteiger partial charge on any atom is 0.224 e. The molecule has 0 saturated heterocycles. The highest BCUT2D eigenvalue weighted by molar-refractivity contribution is 5.83. The molecule has 0 aliphatic rings. The van der Waals surface area contributed by atoms with Gasteiger partial charge < -0.3 is 15.6 Å². The molecule has 0 aliphatic heterocycles. The highest BCUT2D eigenvalue weighted by Gasteiger charge is 2.03. The van der Waals surface area contributed by atoms with Crippen molar-refractivity contribution in [2.45, 2.75) is 26.2 Å². The third-order valence-electron chi connectivity index (χ3n) is 3.84. The van der Waals surface area contributed by atoms with E-state index >= 15 is 0 Å². The number of aromatic nitrogens is 3. The molecule has 0 atom stereocenters. The van der Waals surface area contributed by atoms with Gasteiger partial charge in [-0.1, -0.05) is 31.5 Å². The highest BCUT2D eigenvalue weighted by Crippen LogP contribution is 2.18. The predicted molar refractivity (Wildman–Crippen MR) is 95.9 cm³/mol. The van der Waals surface area contributed by atoms with Gasteiger partial charge in [-0.2, -0.15) is 4.98 Å². The predicted octanol–water partition coefficient (Wildman–Crippen LogP) is 3.82. The summed E-state index contributed by atoms with van der Waals surface area (Å²) in [6.07, 6.45) is 7.12. The fourth-order valence-corrected chi connectivity index (χ4v) is 2.58. The smallest absolute Gasteiger partial charge is 0.224 e. The van der Waals surface area contributed by atoms with Crippen LogP contribution in [0.3, 0.4) is 0 Å². The van der Waals surface area contributed by atoms with Crippen LogP contribution in [0.5, 0.6) is 0 Å². The highest BCUT2D eigenvalue weighted by atomic mass is 15.1. The Balaban J connectivity index is 1.55. The van der Waals surface area contributed by atoms with Crippen LogP contribution < -0.4 is 10.6 Å². The summed E-state index contributed by atoms with van der Waals surface area (Å²) in [5.41, 5.74) is 2.49. The van der Waals surface area contributed by atoms with Gasteiger partial charge in [-0.3, -0.25) is 0 Å². The third-order valence-corrected chi connectivity index (χ3v) is 3.84. The summed E-state index contributed by atoms with van der Waals surface area (Å²) in [6.45, 7) is 3.93. The normalized spacial score (nSPS) is 10.8. The summed E-state index contributed by atoms with van der Waals surface area (Å²) < 4.78 is 0. The van der Waals surface area contributed by atoms with E-state index in [1.165, 1.54) is 22.9 Å². The lowest BCUT2D eigenvalue weighted by atomic mass is 10.1. The second-order valence-electron chi connectivity index (χ2n) is 5.58. The number of nitrogens with zero attached hydrogens (tertiary/aromatic N) is 2. The third kappa shape index (κ3) is 4.00. The Bertz CT molecular complexity index is 750. The largest absolute Gasteiger partial charge is 0.370 e. The number of H-pyrrole nitrogens is 1. The molecule has 0 saturated carbocycles. The Morgan fingerprint density at radius 2 is 2.00 bits per heavy atom. The van der Waals surface area contributed by atoms with Gasteiger partial charge in [-0.05, 0) is 30.5 Å². The van der Waals surface area contributed by atoms with E-state index in [9.17, 15) is 0 Å². The first-order chi connectivity index (χ1) is 11.4. The molecule has 120 valence electrons. The first kappa shape index (κ1) is 15.3. The summed E-state index contributed by atoms with van der Waals surface area (Å²) in [6, 6.07) is 10.3. The zero-order chi connectivity index (χ0) is 15.9. The van der Waals surface area contributed by atoms with E-state index in [2.05, 4.69) is 56.9 Å². The molecule has 5 heteroatoms. The molecule has 1 aromatic carbocycles. The Morgan fingerprint density at radius 1 is 1.09 bits per heavy atom. The van der Waals surface area contributed by atoms with Crippen molar-refractivity contribution < 1.29 is 0 Å². The first-order valence-electron chi connectivity index (χ1n) is 8.22. The Hall–Kier alpha value is -2.56. The number of anilines is 2. The number of hydrogen-bond donors (Lipinski definition) is 3. The van der Waals surface area contributed by atoms with E-state index in [0.29, 0.717) is 5.95 Å². The molecule has 0 radical (unpaired) electrons. The van der Waals surface area contributed by atoms with E-state index in [1.807, 2.05) is 12.1 Å². The molecule has 2 aromatic heterocycles. The van der Waals surface area contributed by atoms with Crippen LogP contribution >= 0.6 is 0 Å². The Labute approximate surface area is 136 Å². The summed E-state index contributed by atoms with van der Waals surface area (Å²) in [5, 5.41) is 7.90. The van der Waals surface area contributed by atoms with Gasteiger partial charge in [0.2, 0.25) is 5.95 Å². The van der Waals surface area contributed by atoms with Crippen LogP contribution in [-0.2, 0) is 6.42 Å². The number of nitrogens with one attached hydrogen (secondary N) is 3. The summed E-state index contributed by atoms with van der Waals surface area (Å²) in [7, 11) is 0. The van der Waals surface area contributed by atoms with Crippen LogP contribution in [0, 0.1) is 0 Å². The maximum atomic E-state index is 4.48. The lowest BCUT2D eigenvalue weighted by Gasteiger charge is -2.07. The lowest BCUT2D eigenvalue weighted by molar-refractivity contribution is 0.830. The monoisotopic (exact) mass is 309 g/mol. The van der Waals surface area contributed by atoms with E-state index in [0.717, 1.165) is 31.7 Å². The fraction of sp³-hybridized carbons (Fsp3) is 0.333. The van der Waals surface area contributed by atoms with Crippen molar-refractivity contribution in [3.05, 3.63) is 48.3 Å². The Kier molecular flexibility index (Phi) is 5.09. The van der Waals surface area contributed by atoms with Crippen LogP contribution in [-0.4, -0.2) is 28.0 Å². The van der Waals surface area contributed by atoms with Crippen LogP contribution in [0.2, 0.25) is 0 Å². The van der Waals surface area contributed by atoms with Crippen molar-refractivity contribution in [1.82, 2.24) is 15.0 Å². The molecule has 0 amide bonds. The number of aromatic amines is 1. The molecular formula is C18H23N5. The zero-order valence-electron chi connectivity index (χ0n) is 13.5. The SMILES string of the molecule is CCCCNc1ccnc(NCCc2c[nH]c3ccccc23)n1. The molecule has 3 aromatic rings. The molecule has 0 fully saturated rings. The first-order valence-corrected chi connectivity index (χ1v) is 8.22. The molecule has 0 spiro atoms. The van der Waals surface area contributed by atoms with Crippen molar-refractivity contribution in [1.29, 1.82) is 0 Å². The Morgan fingerprint density at radius 3 is 2.91 bits per heavy atom. The molecule has 0 unspecified atom stereocenters. The van der Waals surface area contributed by atoms with Crippen molar-refractivity contribution in [2.75, 3.05) is 23.7 Å². The summed E-state index contributed by atoms with van der Waals surface area (Å²) in [5.74, 6) is 1.55. The van der Waals surface area contributed by atoms with Gasteiger partial charge in [-0.25, -0.2) is 4.98 Å². The van der Waals surface area contributed by atoms with Crippen molar-refractivity contribution in [3.8, 4) is 0 Å². The van der Waals surface area contributed by atoms with E-state index in [-0.39, 0.29) is 0 Å². The minimum Gasteiger partial charge on any atom is -0.370 e. The van der Waals surface area contributed by atoms with Crippen molar-refractivity contribution >= 4 is 22.7 Å². The molecule has 3 N–H and O–H groups in total. The summed E-state index contributed by atoms with van der Waals surface area (Å²) >= 11 is 0. The van der Waals surface area contributed by atoms with Gasteiger partial charge in [0.1, 0.15) is 5.82 Å². The number of hydrogen-bond acceptors (Lipinski definition) is 4. The van der Waals surface area contributed by atoms with Gasteiger partial charge in [0.15, 0.2) is 0 Å². The number of benzene rings is 1. The molecule has 5 nitrogen and oxygen atoms in total. The lowest BCUT2D eigenvalue weighted by Crippen LogP contribution is -2.09. The average Bonchev–Trinajstić information content (AvgIpc) is 2.99. The number of para-hydroxylation sites is 1. The van der Waals surface area contributed by atoms with Gasteiger partial charge >= 0.3 is 0 Å². The van der Waals surface area contributed by atoms with Gasteiger partial charge in [0.05, 0.1) is 0 Å². The zero-order valence-corrected chi connectivity index (χ0v) is 13.5. The molecule has 0 aliphatic carbocycles. The number of unbranched alkanes of at least 4 members (excludes halogenated alkanes) is 1. The minimum absolute atomic E-state index is 0.673. The fourth-order valence-electron chi connectivity index (χ4n) is 2.58. The van der Waals surface area contributed by atoms with E-state index < -0.39 is 0 Å². The number of rotatable bonds is 8. The average molecular weight is 309 g/mol. The van der Waals surface area contributed by atoms with Gasteiger partial charge in [0.25, 0.3) is 0 Å². The quantitative estimate of drug-likeness (QED) is 0.553. The van der Waals surface area contributed by atoms with Crippen molar-refractivity contribution in [3.63, 3.8) is 0 Å². The van der Waals surface area contributed by atoms with Gasteiger partial charge in [0, 0.05) is 36.4 Å².